The van der Waals surface area contributed by atoms with Gasteiger partial charge in [-0.2, -0.15) is 0 Å². The summed E-state index contributed by atoms with van der Waals surface area (Å²) in [6.07, 6.45) is 7.52. The third kappa shape index (κ3) is 2.44. The second-order valence-electron chi connectivity index (χ2n) is 4.76. The van der Waals surface area contributed by atoms with Gasteiger partial charge in [-0.25, -0.2) is 0 Å². The van der Waals surface area contributed by atoms with Crippen LogP contribution in [0.3, 0.4) is 0 Å². The number of rotatable bonds is 4. The van der Waals surface area contributed by atoms with Gasteiger partial charge < -0.3 is 10.0 Å². The third-order valence-corrected chi connectivity index (χ3v) is 3.64. The molecule has 0 saturated heterocycles. The lowest BCUT2D eigenvalue weighted by molar-refractivity contribution is 0.120. The van der Waals surface area contributed by atoms with E-state index in [0.29, 0.717) is 5.92 Å². The fraction of sp³-hybridized carbons (Fsp3) is 1.00. The number of aliphatic hydroxyl groups excluding tert-OH is 1. The first kappa shape index (κ1) is 9.47. The predicted molar refractivity (Wildman–Crippen MR) is 53.6 cm³/mol. The second-order valence-corrected chi connectivity index (χ2v) is 4.76. The van der Waals surface area contributed by atoms with Crippen LogP contribution < -0.4 is 0 Å². The lowest BCUT2D eigenvalue weighted by atomic mass is 10.0. The van der Waals surface area contributed by atoms with E-state index in [1.165, 1.54) is 38.6 Å². The van der Waals surface area contributed by atoms with Crippen LogP contribution in [0, 0.1) is 5.92 Å². The predicted octanol–water partition coefficient (Wildman–Crippen LogP) is 1.63. The maximum absolute atomic E-state index is 9.64. The van der Waals surface area contributed by atoms with Crippen LogP contribution in [0.2, 0.25) is 0 Å². The molecular weight excluding hydrogens is 162 g/mol. The summed E-state index contributed by atoms with van der Waals surface area (Å²) in [5.74, 6) is 0.598. The second kappa shape index (κ2) is 3.97. The molecule has 2 nitrogen and oxygen atoms in total. The quantitative estimate of drug-likeness (QED) is 0.716. The molecule has 0 amide bonds. The minimum atomic E-state index is 0.00704. The summed E-state index contributed by atoms with van der Waals surface area (Å²) in [7, 11) is 2.22. The Bertz CT molecular complexity index is 167. The highest BCUT2D eigenvalue weighted by Gasteiger charge is 2.29. The highest BCUT2D eigenvalue weighted by Crippen LogP contribution is 2.30. The molecule has 0 aliphatic heterocycles. The first-order chi connectivity index (χ1) is 6.27. The van der Waals surface area contributed by atoms with Crippen molar-refractivity contribution in [2.45, 2.75) is 50.7 Å². The zero-order chi connectivity index (χ0) is 9.26. The highest BCUT2D eigenvalue weighted by molar-refractivity contribution is 4.84. The van der Waals surface area contributed by atoms with Crippen LogP contribution in [-0.4, -0.2) is 35.7 Å². The third-order valence-electron chi connectivity index (χ3n) is 3.64. The summed E-state index contributed by atoms with van der Waals surface area (Å²) in [6.45, 7) is 1.19. The molecule has 2 aliphatic rings. The van der Waals surface area contributed by atoms with Crippen molar-refractivity contribution in [3.63, 3.8) is 0 Å². The molecule has 2 fully saturated rings. The molecule has 2 saturated carbocycles. The van der Waals surface area contributed by atoms with Gasteiger partial charge in [-0.15, -0.1) is 0 Å². The van der Waals surface area contributed by atoms with Gasteiger partial charge in [0.2, 0.25) is 0 Å². The van der Waals surface area contributed by atoms with Gasteiger partial charge in [0.15, 0.2) is 0 Å². The Morgan fingerprint density at radius 2 is 2.00 bits per heavy atom. The van der Waals surface area contributed by atoms with Crippen LogP contribution in [-0.2, 0) is 0 Å². The van der Waals surface area contributed by atoms with Gasteiger partial charge >= 0.3 is 0 Å². The van der Waals surface area contributed by atoms with Crippen molar-refractivity contribution in [3.8, 4) is 0 Å². The van der Waals surface area contributed by atoms with E-state index in [1.54, 1.807) is 0 Å². The first-order valence-corrected chi connectivity index (χ1v) is 5.65. The van der Waals surface area contributed by atoms with E-state index < -0.39 is 0 Å². The molecular formula is C11H21NO. The molecule has 2 rings (SSSR count). The molecule has 13 heavy (non-hydrogen) atoms. The van der Waals surface area contributed by atoms with Gasteiger partial charge in [0.05, 0.1) is 6.10 Å². The summed E-state index contributed by atoms with van der Waals surface area (Å²) in [4.78, 5) is 2.46. The summed E-state index contributed by atoms with van der Waals surface area (Å²) >= 11 is 0. The lowest BCUT2D eigenvalue weighted by Crippen LogP contribution is -2.25. The molecule has 0 aromatic rings. The van der Waals surface area contributed by atoms with E-state index in [9.17, 15) is 5.11 Å². The lowest BCUT2D eigenvalue weighted by Gasteiger charge is -2.20. The molecule has 0 aromatic heterocycles. The van der Waals surface area contributed by atoms with Gasteiger partial charge in [0.1, 0.15) is 0 Å². The van der Waals surface area contributed by atoms with Crippen LogP contribution in [0.5, 0.6) is 0 Å². The normalized spacial score (nSPS) is 34.4. The van der Waals surface area contributed by atoms with E-state index in [0.717, 1.165) is 12.5 Å². The van der Waals surface area contributed by atoms with Crippen LogP contribution >= 0.6 is 0 Å². The Balaban J connectivity index is 1.66. The summed E-state index contributed by atoms with van der Waals surface area (Å²) in [5.41, 5.74) is 0. The Labute approximate surface area is 80.9 Å². The minimum absolute atomic E-state index is 0.00704. The van der Waals surface area contributed by atoms with Crippen molar-refractivity contribution in [1.82, 2.24) is 4.90 Å². The average molecular weight is 183 g/mol. The van der Waals surface area contributed by atoms with Gasteiger partial charge in [0, 0.05) is 6.04 Å². The fourth-order valence-electron chi connectivity index (χ4n) is 2.42. The molecule has 0 spiro atoms. The first-order valence-electron chi connectivity index (χ1n) is 5.65. The fourth-order valence-corrected chi connectivity index (χ4v) is 2.42. The Morgan fingerprint density at radius 3 is 2.54 bits per heavy atom. The summed E-state index contributed by atoms with van der Waals surface area (Å²) in [5, 5.41) is 9.64. The molecule has 0 aromatic carbocycles. The number of nitrogens with zero attached hydrogens (tertiary/aromatic N) is 1. The maximum Gasteiger partial charge on any atom is 0.0568 e. The highest BCUT2D eigenvalue weighted by atomic mass is 16.3. The molecule has 2 aliphatic carbocycles. The van der Waals surface area contributed by atoms with Crippen LogP contribution in [0.4, 0.5) is 0 Å². The van der Waals surface area contributed by atoms with E-state index in [1.807, 2.05) is 0 Å². The van der Waals surface area contributed by atoms with Crippen molar-refractivity contribution in [1.29, 1.82) is 0 Å². The van der Waals surface area contributed by atoms with Crippen molar-refractivity contribution < 1.29 is 5.11 Å². The Morgan fingerprint density at radius 1 is 1.23 bits per heavy atom. The number of hydrogen-bond donors (Lipinski definition) is 1. The van der Waals surface area contributed by atoms with Crippen molar-refractivity contribution in [2.75, 3.05) is 13.6 Å². The van der Waals surface area contributed by atoms with E-state index in [-0.39, 0.29) is 6.10 Å². The monoisotopic (exact) mass is 183 g/mol. The molecule has 2 heteroatoms. The van der Waals surface area contributed by atoms with Gasteiger partial charge in [-0.1, -0.05) is 6.42 Å². The van der Waals surface area contributed by atoms with Crippen LogP contribution in [0.15, 0.2) is 0 Å². The molecule has 0 bridgehead atoms. The largest absolute Gasteiger partial charge is 0.393 e. The van der Waals surface area contributed by atoms with Gasteiger partial charge in [0.25, 0.3) is 0 Å². The van der Waals surface area contributed by atoms with Crippen molar-refractivity contribution in [2.24, 2.45) is 5.92 Å². The molecule has 2 unspecified atom stereocenters. The van der Waals surface area contributed by atoms with Gasteiger partial charge in [-0.05, 0) is 51.6 Å². The van der Waals surface area contributed by atoms with Crippen molar-refractivity contribution in [3.05, 3.63) is 0 Å². The summed E-state index contributed by atoms with van der Waals surface area (Å²) < 4.78 is 0. The van der Waals surface area contributed by atoms with Crippen LogP contribution in [0.1, 0.15) is 38.5 Å². The van der Waals surface area contributed by atoms with Crippen LogP contribution in [0.25, 0.3) is 0 Å². The maximum atomic E-state index is 9.64. The van der Waals surface area contributed by atoms with Gasteiger partial charge in [-0.3, -0.25) is 0 Å². The Kier molecular flexibility index (Phi) is 2.89. The molecule has 2 atom stereocenters. The van der Waals surface area contributed by atoms with E-state index in [4.69, 9.17) is 0 Å². The zero-order valence-corrected chi connectivity index (χ0v) is 8.58. The topological polar surface area (TPSA) is 23.5 Å². The van der Waals surface area contributed by atoms with E-state index in [2.05, 4.69) is 11.9 Å². The zero-order valence-electron chi connectivity index (χ0n) is 8.58. The minimum Gasteiger partial charge on any atom is -0.393 e. The van der Waals surface area contributed by atoms with E-state index >= 15 is 0 Å². The standard InChI is InChI=1S/C11H21NO/c1-12(10-5-6-10)8-7-9-3-2-4-11(9)13/h9-11,13H,2-8H2,1H3. The Hall–Kier alpha value is -0.0800. The molecule has 1 N–H and O–H groups in total. The molecule has 76 valence electrons. The SMILES string of the molecule is CN(CCC1CCCC1O)C1CC1. The molecule has 0 radical (unpaired) electrons. The number of aliphatic hydroxyl groups is 1. The molecule has 0 heterocycles. The van der Waals surface area contributed by atoms with Crippen molar-refractivity contribution >= 4 is 0 Å². The summed E-state index contributed by atoms with van der Waals surface area (Å²) in [6, 6.07) is 0.874. The smallest absolute Gasteiger partial charge is 0.0568 e. The average Bonchev–Trinajstić information content (AvgIpc) is 2.88. The number of hydrogen-bond acceptors (Lipinski definition) is 2.